The van der Waals surface area contributed by atoms with Gasteiger partial charge in [0, 0.05) is 22.7 Å². The van der Waals surface area contributed by atoms with E-state index in [2.05, 4.69) is 5.32 Å². The summed E-state index contributed by atoms with van der Waals surface area (Å²) in [4.78, 5) is 38.1. The molecule has 0 aliphatic rings. The van der Waals surface area contributed by atoms with E-state index in [4.69, 9.17) is 5.10 Å². The summed E-state index contributed by atoms with van der Waals surface area (Å²) in [6.45, 7) is 7.15. The maximum absolute atomic E-state index is 13.3. The van der Waals surface area contributed by atoms with Crippen molar-refractivity contribution in [3.63, 3.8) is 0 Å². The van der Waals surface area contributed by atoms with Gasteiger partial charge in [-0.25, -0.2) is 4.68 Å². The zero-order chi connectivity index (χ0) is 23.7. The first kappa shape index (κ1) is 22.2. The maximum Gasteiger partial charge on any atom is 0.253 e. The minimum absolute atomic E-state index is 0.0440. The van der Waals surface area contributed by atoms with Gasteiger partial charge >= 0.3 is 0 Å². The molecule has 1 atom stereocenters. The third-order valence-corrected chi connectivity index (χ3v) is 5.80. The molecule has 33 heavy (non-hydrogen) atoms. The molecule has 7 nitrogen and oxygen atoms in total. The number of fused-ring (bicyclic) bond motifs is 1. The highest BCUT2D eigenvalue weighted by atomic mass is 16.2. The van der Waals surface area contributed by atoms with E-state index in [0.29, 0.717) is 23.3 Å². The third-order valence-electron chi connectivity index (χ3n) is 5.80. The lowest BCUT2D eigenvalue weighted by atomic mass is 10.1. The van der Waals surface area contributed by atoms with Gasteiger partial charge in [-0.1, -0.05) is 25.1 Å². The zero-order valence-corrected chi connectivity index (χ0v) is 19.1. The minimum atomic E-state index is -0.744. The number of pyridine rings is 1. The normalized spacial score (nSPS) is 12.0. The van der Waals surface area contributed by atoms with Crippen molar-refractivity contribution in [2.75, 3.05) is 5.32 Å². The number of hydrogen-bond donors (Lipinski definition) is 1. The Hall–Kier alpha value is -4.00. The number of hydrogen-bond acceptors (Lipinski definition) is 4. The van der Waals surface area contributed by atoms with Gasteiger partial charge in [0.05, 0.1) is 11.4 Å². The van der Waals surface area contributed by atoms with Gasteiger partial charge in [-0.15, -0.1) is 0 Å². The third kappa shape index (κ3) is 4.09. The van der Waals surface area contributed by atoms with E-state index >= 15 is 0 Å². The monoisotopic (exact) mass is 442 g/mol. The Balaban J connectivity index is 1.84. The highest BCUT2D eigenvalue weighted by Gasteiger charge is 2.26. The summed E-state index contributed by atoms with van der Waals surface area (Å²) < 4.78 is 3.27. The first-order chi connectivity index (χ1) is 15.8. The summed E-state index contributed by atoms with van der Waals surface area (Å²) in [5.74, 6) is -0.351. The number of rotatable bonds is 6. The van der Waals surface area contributed by atoms with Crippen molar-refractivity contribution in [3.05, 3.63) is 87.8 Å². The van der Waals surface area contributed by atoms with Gasteiger partial charge in [-0.2, -0.15) is 5.10 Å². The van der Waals surface area contributed by atoms with Gasteiger partial charge in [0.2, 0.25) is 5.91 Å². The predicted molar refractivity (Wildman–Crippen MR) is 129 cm³/mol. The molecular formula is C26H26N4O3. The molecule has 4 rings (SSSR count). The number of nitrogens with one attached hydrogen (secondary N) is 1. The van der Waals surface area contributed by atoms with E-state index in [0.717, 1.165) is 22.3 Å². The van der Waals surface area contributed by atoms with Crippen LogP contribution in [0.1, 0.15) is 47.9 Å². The molecule has 4 aromatic rings. The lowest BCUT2D eigenvalue weighted by molar-refractivity contribution is -0.119. The standard InChI is InChI=1S/C26H26N4O3/c1-5-22(25(33)27-20-13-11-19(12-14-20)18(4)31)29-23(32)15-16(2)24-17(3)28-30(26(24)29)21-9-7-6-8-10-21/h6-15,22H,5H2,1-4H3,(H,27,33). The number of aryl methyl sites for hydroxylation is 2. The summed E-state index contributed by atoms with van der Waals surface area (Å²) in [5, 5.41) is 8.45. The maximum atomic E-state index is 13.3. The van der Waals surface area contributed by atoms with Crippen LogP contribution in [0.25, 0.3) is 16.7 Å². The average molecular weight is 443 g/mol. The van der Waals surface area contributed by atoms with Crippen LogP contribution in [0.3, 0.4) is 0 Å². The van der Waals surface area contributed by atoms with Crippen LogP contribution in [0.4, 0.5) is 5.69 Å². The summed E-state index contributed by atoms with van der Waals surface area (Å²) in [6, 6.07) is 17.1. The first-order valence-corrected chi connectivity index (χ1v) is 10.9. The van der Waals surface area contributed by atoms with E-state index in [1.54, 1.807) is 35.0 Å². The van der Waals surface area contributed by atoms with E-state index < -0.39 is 6.04 Å². The quantitative estimate of drug-likeness (QED) is 0.442. The molecule has 168 valence electrons. The number of benzene rings is 2. The molecule has 2 aromatic carbocycles. The highest BCUT2D eigenvalue weighted by molar-refractivity contribution is 5.97. The molecule has 1 amide bonds. The number of anilines is 1. The van der Waals surface area contributed by atoms with Crippen LogP contribution in [0.5, 0.6) is 0 Å². The SMILES string of the molecule is CCC(C(=O)Nc1ccc(C(C)=O)cc1)n1c(=O)cc(C)c2c(C)nn(-c3ccccc3)c21. The van der Waals surface area contributed by atoms with Crippen molar-refractivity contribution in [1.82, 2.24) is 14.3 Å². The smallest absolute Gasteiger partial charge is 0.253 e. The Morgan fingerprint density at radius 2 is 1.70 bits per heavy atom. The molecule has 0 saturated carbocycles. The van der Waals surface area contributed by atoms with E-state index in [1.807, 2.05) is 51.1 Å². The second-order valence-corrected chi connectivity index (χ2v) is 8.11. The molecule has 1 unspecified atom stereocenters. The lowest BCUT2D eigenvalue weighted by Gasteiger charge is -2.21. The van der Waals surface area contributed by atoms with Crippen molar-refractivity contribution < 1.29 is 9.59 Å². The number of amides is 1. The highest BCUT2D eigenvalue weighted by Crippen LogP contribution is 2.27. The molecule has 1 N–H and O–H groups in total. The first-order valence-electron chi connectivity index (χ1n) is 10.9. The number of ketones is 1. The molecular weight excluding hydrogens is 416 g/mol. The second-order valence-electron chi connectivity index (χ2n) is 8.11. The Labute approximate surface area is 191 Å². The van der Waals surface area contributed by atoms with E-state index in [-0.39, 0.29) is 17.2 Å². The molecule has 0 saturated heterocycles. The molecule has 2 aromatic heterocycles. The number of carbonyl (C=O) groups excluding carboxylic acids is 2. The van der Waals surface area contributed by atoms with Crippen LogP contribution >= 0.6 is 0 Å². The number of nitrogens with zero attached hydrogens (tertiary/aromatic N) is 3. The zero-order valence-electron chi connectivity index (χ0n) is 19.1. The fourth-order valence-electron chi connectivity index (χ4n) is 4.18. The van der Waals surface area contributed by atoms with Crippen molar-refractivity contribution in [3.8, 4) is 5.69 Å². The lowest BCUT2D eigenvalue weighted by Crippen LogP contribution is -2.34. The Morgan fingerprint density at radius 1 is 1.03 bits per heavy atom. The van der Waals surface area contributed by atoms with Gasteiger partial charge in [0.25, 0.3) is 5.56 Å². The van der Waals surface area contributed by atoms with E-state index in [1.165, 1.54) is 11.5 Å². The van der Waals surface area contributed by atoms with Gasteiger partial charge in [0.15, 0.2) is 5.78 Å². The van der Waals surface area contributed by atoms with Gasteiger partial charge in [0.1, 0.15) is 11.7 Å². The molecule has 7 heteroatoms. The molecule has 0 fully saturated rings. The Bertz CT molecular complexity index is 1400. The fraction of sp³-hybridized carbons (Fsp3) is 0.231. The fourth-order valence-corrected chi connectivity index (χ4v) is 4.18. The minimum Gasteiger partial charge on any atom is -0.324 e. The molecule has 2 heterocycles. The molecule has 0 bridgehead atoms. The van der Waals surface area contributed by atoms with Crippen LogP contribution in [0.15, 0.2) is 65.5 Å². The summed E-state index contributed by atoms with van der Waals surface area (Å²) in [6.07, 6.45) is 0.411. The Kier molecular flexibility index (Phi) is 5.96. The summed E-state index contributed by atoms with van der Waals surface area (Å²) in [5.41, 5.74) is 3.88. The topological polar surface area (TPSA) is 86.0 Å². The van der Waals surface area contributed by atoms with Crippen LogP contribution < -0.4 is 10.9 Å². The van der Waals surface area contributed by atoms with E-state index in [9.17, 15) is 14.4 Å². The van der Waals surface area contributed by atoms with Gasteiger partial charge < -0.3 is 5.32 Å². The van der Waals surface area contributed by atoms with Gasteiger partial charge in [-0.3, -0.25) is 19.0 Å². The summed E-state index contributed by atoms with van der Waals surface area (Å²) >= 11 is 0. The molecule has 0 spiro atoms. The number of para-hydroxylation sites is 1. The molecule has 0 aliphatic heterocycles. The van der Waals surface area contributed by atoms with Crippen molar-refractivity contribution in [1.29, 1.82) is 0 Å². The van der Waals surface area contributed by atoms with Crippen molar-refractivity contribution in [2.24, 2.45) is 0 Å². The van der Waals surface area contributed by atoms with Crippen LogP contribution in [-0.2, 0) is 4.79 Å². The molecule has 0 radical (unpaired) electrons. The van der Waals surface area contributed by atoms with Crippen molar-refractivity contribution in [2.45, 2.75) is 40.2 Å². The average Bonchev–Trinajstić information content (AvgIpc) is 3.14. The summed E-state index contributed by atoms with van der Waals surface area (Å²) in [7, 11) is 0. The van der Waals surface area contributed by atoms with Crippen molar-refractivity contribution >= 4 is 28.4 Å². The predicted octanol–water partition coefficient (Wildman–Crippen LogP) is 4.60. The number of Topliss-reactive ketones (excluding diaryl/α,β-unsaturated/α-hetero) is 1. The van der Waals surface area contributed by atoms with Crippen LogP contribution in [0, 0.1) is 13.8 Å². The van der Waals surface area contributed by atoms with Crippen LogP contribution in [0.2, 0.25) is 0 Å². The Morgan fingerprint density at radius 3 is 2.30 bits per heavy atom. The number of carbonyl (C=O) groups is 2. The molecule has 0 aliphatic carbocycles. The largest absolute Gasteiger partial charge is 0.324 e. The second kappa shape index (κ2) is 8.86. The van der Waals surface area contributed by atoms with Gasteiger partial charge in [-0.05, 0) is 69.2 Å². The number of aromatic nitrogens is 3. The van der Waals surface area contributed by atoms with Crippen LogP contribution in [-0.4, -0.2) is 26.0 Å².